The van der Waals surface area contributed by atoms with Gasteiger partial charge in [-0.25, -0.2) is 14.8 Å². The molecule has 2 fully saturated rings. The Morgan fingerprint density at radius 3 is 2.73 bits per heavy atom. The summed E-state index contributed by atoms with van der Waals surface area (Å²) in [6.07, 6.45) is 4.95. The predicted octanol–water partition coefficient (Wildman–Crippen LogP) is 2.94. The standard InChI is InChI=1S/C15H21ClN4O2/c1-15(2,3)22-14(21)20-8-9-4-10(11(20)5-9)19-13-7-17-12(16)6-18-13/h6-7,9-11H,4-5,8H2,1-3H3,(H,18,19). The van der Waals surface area contributed by atoms with Crippen molar-refractivity contribution < 1.29 is 9.53 Å². The fourth-order valence-electron chi connectivity index (χ4n) is 3.29. The molecule has 1 aromatic heterocycles. The van der Waals surface area contributed by atoms with Gasteiger partial charge in [0.2, 0.25) is 0 Å². The highest BCUT2D eigenvalue weighted by Gasteiger charge is 2.48. The minimum Gasteiger partial charge on any atom is -0.444 e. The summed E-state index contributed by atoms with van der Waals surface area (Å²) in [6, 6.07) is 0.332. The van der Waals surface area contributed by atoms with Crippen LogP contribution >= 0.6 is 11.6 Å². The van der Waals surface area contributed by atoms with Crippen molar-refractivity contribution in [3.8, 4) is 0 Å². The van der Waals surface area contributed by atoms with Crippen LogP contribution in [0.3, 0.4) is 0 Å². The van der Waals surface area contributed by atoms with Gasteiger partial charge in [-0.2, -0.15) is 0 Å². The Morgan fingerprint density at radius 2 is 2.14 bits per heavy atom. The summed E-state index contributed by atoms with van der Waals surface area (Å²) in [5, 5.41) is 3.73. The van der Waals surface area contributed by atoms with E-state index in [1.807, 2.05) is 25.7 Å². The third-order valence-electron chi connectivity index (χ3n) is 4.06. The van der Waals surface area contributed by atoms with Crippen molar-refractivity contribution >= 4 is 23.5 Å². The third-order valence-corrected chi connectivity index (χ3v) is 4.26. The Morgan fingerprint density at radius 1 is 1.36 bits per heavy atom. The maximum Gasteiger partial charge on any atom is 0.410 e. The average molecular weight is 325 g/mol. The molecule has 0 spiro atoms. The van der Waals surface area contributed by atoms with Gasteiger partial charge in [0.15, 0.2) is 0 Å². The molecule has 6 nitrogen and oxygen atoms in total. The number of likely N-dealkylation sites (tertiary alicyclic amines) is 1. The Bertz CT molecular complexity index is 558. The lowest BCUT2D eigenvalue weighted by atomic mass is 10.1. The number of carbonyl (C=O) groups excluding carboxylic acids is 1. The second-order valence-electron chi connectivity index (χ2n) is 7.01. The molecule has 22 heavy (non-hydrogen) atoms. The summed E-state index contributed by atoms with van der Waals surface area (Å²) in [4.78, 5) is 22.4. The van der Waals surface area contributed by atoms with Crippen molar-refractivity contribution in [2.45, 2.75) is 51.3 Å². The van der Waals surface area contributed by atoms with Gasteiger partial charge >= 0.3 is 6.09 Å². The van der Waals surface area contributed by atoms with Gasteiger partial charge in [-0.05, 0) is 39.5 Å². The number of hydrogen-bond donors (Lipinski definition) is 1. The van der Waals surface area contributed by atoms with E-state index < -0.39 is 5.60 Å². The van der Waals surface area contributed by atoms with Crippen LogP contribution < -0.4 is 5.32 Å². The van der Waals surface area contributed by atoms with Gasteiger partial charge < -0.3 is 15.0 Å². The number of nitrogens with one attached hydrogen (secondary N) is 1. The molecule has 1 amide bonds. The summed E-state index contributed by atoms with van der Waals surface area (Å²) >= 11 is 5.75. The molecular formula is C15H21ClN4O2. The lowest BCUT2D eigenvalue weighted by Gasteiger charge is -2.35. The van der Waals surface area contributed by atoms with E-state index in [4.69, 9.17) is 16.3 Å². The first-order valence-electron chi connectivity index (χ1n) is 7.55. The minimum atomic E-state index is -0.469. The lowest BCUT2D eigenvalue weighted by Crippen LogP contribution is -2.49. The summed E-state index contributed by atoms with van der Waals surface area (Å²) in [7, 11) is 0. The van der Waals surface area contributed by atoms with Crippen LogP contribution in [0, 0.1) is 5.92 Å². The highest BCUT2D eigenvalue weighted by molar-refractivity contribution is 6.29. The molecule has 0 aromatic carbocycles. The van der Waals surface area contributed by atoms with Crippen LogP contribution in [-0.4, -0.2) is 45.2 Å². The van der Waals surface area contributed by atoms with Crippen LogP contribution in [0.15, 0.2) is 12.4 Å². The van der Waals surface area contributed by atoms with Gasteiger partial charge in [-0.15, -0.1) is 0 Å². The van der Waals surface area contributed by atoms with E-state index >= 15 is 0 Å². The zero-order valence-electron chi connectivity index (χ0n) is 13.0. The molecule has 2 aliphatic rings. The van der Waals surface area contributed by atoms with E-state index in [0.717, 1.165) is 19.4 Å². The Hall–Kier alpha value is -1.56. The molecule has 3 rings (SSSR count). The lowest BCUT2D eigenvalue weighted by molar-refractivity contribution is 0.0179. The zero-order valence-corrected chi connectivity index (χ0v) is 13.8. The van der Waals surface area contributed by atoms with Crippen molar-refractivity contribution in [3.05, 3.63) is 17.5 Å². The van der Waals surface area contributed by atoms with Crippen molar-refractivity contribution in [1.82, 2.24) is 14.9 Å². The molecular weight excluding hydrogens is 304 g/mol. The quantitative estimate of drug-likeness (QED) is 0.906. The number of rotatable bonds is 2. The number of aromatic nitrogens is 2. The summed E-state index contributed by atoms with van der Waals surface area (Å²) in [5.74, 6) is 1.21. The topological polar surface area (TPSA) is 67.3 Å². The van der Waals surface area contributed by atoms with Crippen molar-refractivity contribution in [1.29, 1.82) is 0 Å². The number of hydrogen-bond acceptors (Lipinski definition) is 5. The molecule has 3 atom stereocenters. The van der Waals surface area contributed by atoms with E-state index in [0.29, 0.717) is 16.9 Å². The molecule has 1 aromatic rings. The second-order valence-corrected chi connectivity index (χ2v) is 7.40. The second kappa shape index (κ2) is 5.57. The van der Waals surface area contributed by atoms with E-state index in [1.54, 1.807) is 6.20 Å². The molecule has 7 heteroatoms. The highest BCUT2D eigenvalue weighted by atomic mass is 35.5. The fourth-order valence-corrected chi connectivity index (χ4v) is 3.39. The Balaban J connectivity index is 1.66. The Kier molecular flexibility index (Phi) is 3.89. The van der Waals surface area contributed by atoms with Crippen molar-refractivity contribution in [2.75, 3.05) is 11.9 Å². The predicted molar refractivity (Wildman–Crippen MR) is 83.9 cm³/mol. The maximum atomic E-state index is 12.3. The largest absolute Gasteiger partial charge is 0.444 e. The minimum absolute atomic E-state index is 0.150. The molecule has 1 saturated carbocycles. The molecule has 1 aliphatic carbocycles. The van der Waals surface area contributed by atoms with Crippen LogP contribution in [0.2, 0.25) is 5.15 Å². The molecule has 1 aliphatic heterocycles. The van der Waals surface area contributed by atoms with Gasteiger partial charge in [0.05, 0.1) is 18.4 Å². The number of carbonyl (C=O) groups is 1. The van der Waals surface area contributed by atoms with Crippen molar-refractivity contribution in [2.24, 2.45) is 5.92 Å². The molecule has 2 heterocycles. The number of amides is 1. The number of anilines is 1. The first-order valence-corrected chi connectivity index (χ1v) is 7.93. The summed E-state index contributed by atoms with van der Waals surface area (Å²) < 4.78 is 5.50. The summed E-state index contributed by atoms with van der Waals surface area (Å²) in [6.45, 7) is 6.44. The molecule has 3 unspecified atom stereocenters. The molecule has 1 N–H and O–H groups in total. The van der Waals surface area contributed by atoms with Gasteiger partial charge in [0.1, 0.15) is 16.6 Å². The maximum absolute atomic E-state index is 12.3. The van der Waals surface area contributed by atoms with Crippen LogP contribution in [-0.2, 0) is 4.74 Å². The van der Waals surface area contributed by atoms with E-state index in [2.05, 4.69) is 15.3 Å². The average Bonchev–Trinajstić information content (AvgIpc) is 2.99. The number of nitrogens with zero attached hydrogens (tertiary/aromatic N) is 3. The van der Waals surface area contributed by atoms with E-state index in [1.165, 1.54) is 6.20 Å². The molecule has 1 saturated heterocycles. The number of halogens is 1. The zero-order chi connectivity index (χ0) is 15.9. The van der Waals surface area contributed by atoms with Gasteiger partial charge in [-0.3, -0.25) is 0 Å². The number of ether oxygens (including phenoxy) is 1. The SMILES string of the molecule is CC(C)(C)OC(=O)N1CC2CC(Nc3cnc(Cl)cn3)C1C2. The van der Waals surface area contributed by atoms with Gasteiger partial charge in [0, 0.05) is 12.6 Å². The van der Waals surface area contributed by atoms with Crippen LogP contribution in [0.1, 0.15) is 33.6 Å². The highest BCUT2D eigenvalue weighted by Crippen LogP contribution is 2.39. The normalized spacial score (nSPS) is 27.1. The van der Waals surface area contributed by atoms with Crippen LogP contribution in [0.4, 0.5) is 10.6 Å². The van der Waals surface area contributed by atoms with E-state index in [9.17, 15) is 4.79 Å². The van der Waals surface area contributed by atoms with Gasteiger partial charge in [0.25, 0.3) is 0 Å². The van der Waals surface area contributed by atoms with Crippen LogP contribution in [0.25, 0.3) is 0 Å². The van der Waals surface area contributed by atoms with Crippen molar-refractivity contribution in [3.63, 3.8) is 0 Å². The monoisotopic (exact) mass is 324 g/mol. The number of fused-ring (bicyclic) bond motifs is 2. The summed E-state index contributed by atoms with van der Waals surface area (Å²) in [5.41, 5.74) is -0.469. The fraction of sp³-hybridized carbons (Fsp3) is 0.667. The first kappa shape index (κ1) is 15.3. The molecule has 0 radical (unpaired) electrons. The Labute approximate surface area is 135 Å². The third kappa shape index (κ3) is 3.27. The molecule has 2 bridgehead atoms. The first-order chi connectivity index (χ1) is 10.3. The van der Waals surface area contributed by atoms with Crippen LogP contribution in [0.5, 0.6) is 0 Å². The smallest absolute Gasteiger partial charge is 0.410 e. The van der Waals surface area contributed by atoms with Gasteiger partial charge in [-0.1, -0.05) is 11.6 Å². The van der Waals surface area contributed by atoms with E-state index in [-0.39, 0.29) is 18.2 Å². The number of piperidine rings is 1. The molecule has 120 valence electrons.